The topological polar surface area (TPSA) is 129 Å². The van der Waals surface area contributed by atoms with E-state index in [2.05, 4.69) is 32.0 Å². The maximum atomic E-state index is 11.6. The van der Waals surface area contributed by atoms with E-state index >= 15 is 0 Å². The Morgan fingerprint density at radius 1 is 1.18 bits per heavy atom. The third kappa shape index (κ3) is 4.69. The van der Waals surface area contributed by atoms with E-state index in [1.807, 2.05) is 31.0 Å². The fourth-order valence-electron chi connectivity index (χ4n) is 4.66. The van der Waals surface area contributed by atoms with Crippen LogP contribution in [0.5, 0.6) is 0 Å². The second-order valence-corrected chi connectivity index (χ2v) is 10.5. The van der Waals surface area contributed by atoms with Crippen molar-refractivity contribution in [3.05, 3.63) is 52.7 Å². The Balaban J connectivity index is 1.34. The number of thiophene rings is 1. The molecular weight excluding hydrogens is 504 g/mol. The highest BCUT2D eigenvalue weighted by Gasteiger charge is 2.22. The van der Waals surface area contributed by atoms with Crippen LogP contribution in [0, 0.1) is 0 Å². The van der Waals surface area contributed by atoms with Gasteiger partial charge in [0.05, 0.1) is 41.2 Å². The van der Waals surface area contributed by atoms with Gasteiger partial charge in [-0.3, -0.25) is 15.0 Å². The molecule has 3 aromatic heterocycles. The maximum absolute atomic E-state index is 11.6. The molecule has 1 amide bonds. The van der Waals surface area contributed by atoms with Gasteiger partial charge in [0.1, 0.15) is 0 Å². The Hall–Kier alpha value is -4.00. The van der Waals surface area contributed by atoms with Crippen LogP contribution in [0.25, 0.3) is 21.6 Å². The molecule has 4 aromatic rings. The normalized spacial score (nSPS) is 14.9. The Labute approximate surface area is 222 Å². The zero-order valence-corrected chi connectivity index (χ0v) is 21.8. The molecule has 12 heteroatoms. The van der Waals surface area contributed by atoms with E-state index in [0.717, 1.165) is 57.4 Å². The molecule has 2 N–H and O–H groups in total. The number of morpholine rings is 1. The molecule has 38 heavy (non-hydrogen) atoms. The first-order valence-corrected chi connectivity index (χ1v) is 13.1. The van der Waals surface area contributed by atoms with Crippen LogP contribution in [0.3, 0.4) is 0 Å². The van der Waals surface area contributed by atoms with Crippen molar-refractivity contribution in [3.63, 3.8) is 0 Å². The minimum Gasteiger partial charge on any atom is -0.378 e. The number of hydroxylamine groups is 1. The molecule has 0 spiro atoms. The largest absolute Gasteiger partial charge is 0.378 e. The van der Waals surface area contributed by atoms with Crippen LogP contribution in [-0.4, -0.2) is 70.1 Å². The van der Waals surface area contributed by atoms with Crippen LogP contribution in [0.4, 0.5) is 17.5 Å². The molecular formula is C26H26N8O3S. The number of nitrogens with zero attached hydrogens (tertiary/aromatic N) is 7. The van der Waals surface area contributed by atoms with Crippen molar-refractivity contribution in [1.29, 1.82) is 0 Å². The van der Waals surface area contributed by atoms with Crippen LogP contribution in [-0.2, 0) is 17.7 Å². The Kier molecular flexibility index (Phi) is 6.44. The number of ether oxygens (including phenoxy) is 1. The van der Waals surface area contributed by atoms with E-state index in [-0.39, 0.29) is 5.56 Å². The number of carbonyl (C=O) groups excluding carboxylic acids is 1. The minimum atomic E-state index is -0.653. The number of aromatic nitrogens is 4. The van der Waals surface area contributed by atoms with Gasteiger partial charge in [0.15, 0.2) is 11.6 Å². The van der Waals surface area contributed by atoms with E-state index in [0.29, 0.717) is 31.5 Å². The van der Waals surface area contributed by atoms with Gasteiger partial charge in [0.25, 0.3) is 5.91 Å². The van der Waals surface area contributed by atoms with E-state index in [1.165, 1.54) is 18.0 Å². The molecule has 194 valence electrons. The van der Waals surface area contributed by atoms with E-state index in [9.17, 15) is 4.79 Å². The monoisotopic (exact) mass is 530 g/mol. The zero-order chi connectivity index (χ0) is 26.2. The highest BCUT2D eigenvalue weighted by molar-refractivity contribution is 7.19. The first kappa shape index (κ1) is 24.3. The lowest BCUT2D eigenvalue weighted by Gasteiger charge is -2.28. The van der Waals surface area contributed by atoms with Crippen molar-refractivity contribution in [3.8, 4) is 11.4 Å². The average molecular weight is 531 g/mol. The van der Waals surface area contributed by atoms with Crippen molar-refractivity contribution in [2.24, 2.45) is 4.99 Å². The number of aliphatic imine (C=N–C) groups is 1. The summed E-state index contributed by atoms with van der Waals surface area (Å²) in [6.07, 6.45) is 3.61. The number of hydrogen-bond acceptors (Lipinski definition) is 11. The SMILES string of the molecule is CC1=Nc2ccc(-c3nc(N4CCOCC4)c4sc(CN(C)c5ncc(C(=O)NO)cn5)cc4n3)cc2C1. The number of anilines is 2. The van der Waals surface area contributed by atoms with Gasteiger partial charge in [-0.05, 0) is 36.8 Å². The molecule has 0 saturated carbocycles. The van der Waals surface area contributed by atoms with Gasteiger partial charge < -0.3 is 14.5 Å². The third-order valence-electron chi connectivity index (χ3n) is 6.55. The predicted octanol–water partition coefficient (Wildman–Crippen LogP) is 3.39. The number of rotatable bonds is 6. The first-order valence-electron chi connectivity index (χ1n) is 12.3. The van der Waals surface area contributed by atoms with Crippen LogP contribution in [0.15, 0.2) is 41.7 Å². The molecule has 11 nitrogen and oxygen atoms in total. The summed E-state index contributed by atoms with van der Waals surface area (Å²) >= 11 is 1.66. The fourth-order valence-corrected chi connectivity index (χ4v) is 5.83. The van der Waals surface area contributed by atoms with Gasteiger partial charge in [-0.2, -0.15) is 0 Å². The number of carbonyl (C=O) groups is 1. The van der Waals surface area contributed by atoms with Gasteiger partial charge in [0.2, 0.25) is 5.95 Å². The highest BCUT2D eigenvalue weighted by atomic mass is 32.1. The smallest absolute Gasteiger partial charge is 0.277 e. The standard InChI is InChI=1S/C26H26N8O3S/c1-15-9-17-10-16(3-4-20(17)29-15)23-30-21-11-19(38-22(21)24(31-23)34-5-7-37-8-6-34)14-33(2)26-27-12-18(13-28-26)25(35)32-36/h3-4,10-13,36H,5-9,14H2,1-2H3,(H,32,35). The van der Waals surface area contributed by atoms with Gasteiger partial charge in [-0.1, -0.05) is 0 Å². The number of benzene rings is 1. The fraction of sp³-hybridized carbons (Fsp3) is 0.308. The maximum Gasteiger partial charge on any atom is 0.277 e. The summed E-state index contributed by atoms with van der Waals surface area (Å²) in [7, 11) is 1.89. The lowest BCUT2D eigenvalue weighted by atomic mass is 10.1. The molecule has 2 aliphatic heterocycles. The quantitative estimate of drug-likeness (QED) is 0.285. The molecule has 0 aliphatic carbocycles. The lowest BCUT2D eigenvalue weighted by molar-refractivity contribution is 0.0705. The van der Waals surface area contributed by atoms with Crippen LogP contribution >= 0.6 is 11.3 Å². The molecule has 2 aliphatic rings. The van der Waals surface area contributed by atoms with Gasteiger partial charge in [-0.15, -0.1) is 11.3 Å². The predicted molar refractivity (Wildman–Crippen MR) is 146 cm³/mol. The minimum absolute atomic E-state index is 0.178. The molecule has 1 fully saturated rings. The van der Waals surface area contributed by atoms with Crippen molar-refractivity contribution in [2.75, 3.05) is 43.2 Å². The summed E-state index contributed by atoms with van der Waals surface area (Å²) < 4.78 is 6.63. The Morgan fingerprint density at radius 2 is 1.97 bits per heavy atom. The summed E-state index contributed by atoms with van der Waals surface area (Å²) in [6.45, 7) is 5.49. The lowest BCUT2D eigenvalue weighted by Crippen LogP contribution is -2.36. The van der Waals surface area contributed by atoms with Gasteiger partial charge in [0, 0.05) is 55.1 Å². The molecule has 1 aromatic carbocycles. The molecule has 0 unspecified atom stereocenters. The van der Waals surface area contributed by atoms with Gasteiger partial charge >= 0.3 is 0 Å². The Morgan fingerprint density at radius 3 is 2.74 bits per heavy atom. The van der Waals surface area contributed by atoms with E-state index < -0.39 is 5.91 Å². The molecule has 5 heterocycles. The van der Waals surface area contributed by atoms with Crippen molar-refractivity contribution in [2.45, 2.75) is 19.9 Å². The first-order chi connectivity index (χ1) is 18.5. The van der Waals surface area contributed by atoms with E-state index in [4.69, 9.17) is 19.9 Å². The van der Waals surface area contributed by atoms with Crippen LogP contribution in [0.1, 0.15) is 27.7 Å². The zero-order valence-electron chi connectivity index (χ0n) is 21.0. The summed E-state index contributed by atoms with van der Waals surface area (Å²) in [4.78, 5) is 40.0. The number of fused-ring (bicyclic) bond motifs is 2. The highest BCUT2D eigenvalue weighted by Crippen LogP contribution is 2.36. The van der Waals surface area contributed by atoms with Crippen LogP contribution < -0.4 is 15.3 Å². The number of nitrogens with one attached hydrogen (secondary N) is 1. The van der Waals surface area contributed by atoms with Crippen molar-refractivity contribution in [1.82, 2.24) is 25.4 Å². The van der Waals surface area contributed by atoms with Crippen molar-refractivity contribution < 1.29 is 14.7 Å². The molecule has 1 saturated heterocycles. The summed E-state index contributed by atoms with van der Waals surface area (Å²) in [6, 6.07) is 8.34. The average Bonchev–Trinajstić information content (AvgIpc) is 3.53. The Bertz CT molecular complexity index is 1550. The number of amides is 1. The van der Waals surface area contributed by atoms with Crippen molar-refractivity contribution >= 4 is 50.6 Å². The summed E-state index contributed by atoms with van der Waals surface area (Å²) in [5.74, 6) is 1.44. The molecule has 0 atom stereocenters. The molecule has 0 bridgehead atoms. The molecule has 6 rings (SSSR count). The van der Waals surface area contributed by atoms with E-state index in [1.54, 1.807) is 16.8 Å². The second-order valence-electron chi connectivity index (χ2n) is 9.33. The van der Waals surface area contributed by atoms with Crippen LogP contribution in [0.2, 0.25) is 0 Å². The van der Waals surface area contributed by atoms with Gasteiger partial charge in [-0.25, -0.2) is 25.4 Å². The summed E-state index contributed by atoms with van der Waals surface area (Å²) in [5.41, 5.74) is 6.98. The summed E-state index contributed by atoms with van der Waals surface area (Å²) in [5, 5.41) is 8.80. The molecule has 0 radical (unpaired) electrons. The number of hydrogen-bond donors (Lipinski definition) is 2. The third-order valence-corrected chi connectivity index (χ3v) is 7.65. The second kappa shape index (κ2) is 10.0.